The zero-order valence-electron chi connectivity index (χ0n) is 11.3. The molecule has 2 nitrogen and oxygen atoms in total. The van der Waals surface area contributed by atoms with Gasteiger partial charge in [-0.25, -0.2) is 0 Å². The van der Waals surface area contributed by atoms with Crippen molar-refractivity contribution in [1.29, 1.82) is 0 Å². The average Bonchev–Trinajstić information content (AvgIpc) is 2.47. The average molecular weight is 310 g/mol. The van der Waals surface area contributed by atoms with Crippen LogP contribution in [0.5, 0.6) is 5.75 Å². The van der Waals surface area contributed by atoms with E-state index in [0.717, 1.165) is 30.0 Å². The fraction of sp³-hybridized carbons (Fsp3) is 0.250. The first-order valence-electron chi connectivity index (χ1n) is 6.56. The van der Waals surface area contributed by atoms with Crippen LogP contribution in [0.2, 0.25) is 10.0 Å². The zero-order valence-corrected chi connectivity index (χ0v) is 12.8. The maximum absolute atomic E-state index is 6.13. The van der Waals surface area contributed by atoms with Crippen molar-refractivity contribution in [3.05, 3.63) is 63.6 Å². The Morgan fingerprint density at radius 1 is 1.05 bits per heavy atom. The number of hydrogen-bond donors (Lipinski definition) is 1. The van der Waals surface area contributed by atoms with Crippen LogP contribution in [0, 0.1) is 0 Å². The lowest BCUT2D eigenvalue weighted by molar-refractivity contribution is 0.302. The third-order valence-corrected chi connectivity index (χ3v) is 3.53. The van der Waals surface area contributed by atoms with Crippen molar-refractivity contribution >= 4 is 23.2 Å². The molecule has 0 bridgehead atoms. The molecule has 2 aromatic carbocycles. The molecule has 0 atom stereocenters. The van der Waals surface area contributed by atoms with Gasteiger partial charge in [0.1, 0.15) is 12.4 Å². The minimum Gasteiger partial charge on any atom is -0.489 e. The van der Waals surface area contributed by atoms with Crippen molar-refractivity contribution < 1.29 is 4.74 Å². The highest BCUT2D eigenvalue weighted by atomic mass is 35.5. The van der Waals surface area contributed by atoms with Crippen LogP contribution in [0.25, 0.3) is 0 Å². The SMILES string of the molecule is CCNCc1ccccc1OCc1cc(Cl)ccc1Cl. The Labute approximate surface area is 129 Å². The lowest BCUT2D eigenvalue weighted by atomic mass is 10.2. The molecule has 0 fully saturated rings. The highest BCUT2D eigenvalue weighted by Crippen LogP contribution is 2.24. The van der Waals surface area contributed by atoms with Gasteiger partial charge >= 0.3 is 0 Å². The van der Waals surface area contributed by atoms with Crippen molar-refractivity contribution in [2.24, 2.45) is 0 Å². The van der Waals surface area contributed by atoms with Gasteiger partial charge in [0.2, 0.25) is 0 Å². The summed E-state index contributed by atoms with van der Waals surface area (Å²) in [4.78, 5) is 0. The zero-order chi connectivity index (χ0) is 14.4. The van der Waals surface area contributed by atoms with Crippen LogP contribution in [0.1, 0.15) is 18.1 Å². The molecule has 0 heterocycles. The maximum atomic E-state index is 6.13. The monoisotopic (exact) mass is 309 g/mol. The van der Waals surface area contributed by atoms with Crippen LogP contribution in [-0.2, 0) is 13.2 Å². The summed E-state index contributed by atoms with van der Waals surface area (Å²) >= 11 is 12.1. The second kappa shape index (κ2) is 7.53. The molecule has 0 saturated carbocycles. The summed E-state index contributed by atoms with van der Waals surface area (Å²) in [5, 5.41) is 4.62. The molecular formula is C16H17Cl2NO. The molecule has 0 amide bonds. The number of halogens is 2. The molecule has 0 aliphatic heterocycles. The molecule has 4 heteroatoms. The lowest BCUT2D eigenvalue weighted by Gasteiger charge is -2.12. The van der Waals surface area contributed by atoms with Gasteiger partial charge in [0.15, 0.2) is 0 Å². The Bertz CT molecular complexity index is 572. The van der Waals surface area contributed by atoms with Crippen molar-refractivity contribution in [2.45, 2.75) is 20.1 Å². The van der Waals surface area contributed by atoms with E-state index in [4.69, 9.17) is 27.9 Å². The molecule has 0 radical (unpaired) electrons. The molecule has 0 aliphatic rings. The van der Waals surface area contributed by atoms with Crippen LogP contribution >= 0.6 is 23.2 Å². The van der Waals surface area contributed by atoms with Crippen molar-refractivity contribution in [2.75, 3.05) is 6.54 Å². The predicted octanol–water partition coefficient (Wildman–Crippen LogP) is 4.68. The Morgan fingerprint density at radius 3 is 2.65 bits per heavy atom. The van der Waals surface area contributed by atoms with Crippen molar-refractivity contribution in [3.63, 3.8) is 0 Å². The van der Waals surface area contributed by atoms with Gasteiger partial charge in [-0.2, -0.15) is 0 Å². The molecular weight excluding hydrogens is 293 g/mol. The minimum absolute atomic E-state index is 0.405. The van der Waals surface area contributed by atoms with Gasteiger partial charge in [0.25, 0.3) is 0 Å². The first kappa shape index (κ1) is 15.2. The van der Waals surface area contributed by atoms with Gasteiger partial charge in [-0.15, -0.1) is 0 Å². The molecule has 0 unspecified atom stereocenters. The van der Waals surface area contributed by atoms with Gasteiger partial charge in [-0.05, 0) is 30.8 Å². The van der Waals surface area contributed by atoms with Crippen LogP contribution in [0.3, 0.4) is 0 Å². The molecule has 0 spiro atoms. The highest BCUT2D eigenvalue weighted by Gasteiger charge is 2.06. The first-order chi connectivity index (χ1) is 9.70. The molecule has 20 heavy (non-hydrogen) atoms. The molecule has 0 aromatic heterocycles. The van der Waals surface area contributed by atoms with Crippen LogP contribution in [0.15, 0.2) is 42.5 Å². The number of nitrogens with one attached hydrogen (secondary N) is 1. The molecule has 0 aliphatic carbocycles. The normalized spacial score (nSPS) is 10.6. The second-order valence-corrected chi connectivity index (χ2v) is 5.26. The Kier molecular flexibility index (Phi) is 5.72. The Hall–Kier alpha value is -1.22. The summed E-state index contributed by atoms with van der Waals surface area (Å²) in [5.41, 5.74) is 2.02. The lowest BCUT2D eigenvalue weighted by Crippen LogP contribution is -2.12. The molecule has 0 saturated heterocycles. The third kappa shape index (κ3) is 4.14. The molecule has 2 aromatic rings. The Balaban J connectivity index is 2.08. The van der Waals surface area contributed by atoms with Crippen LogP contribution in [0.4, 0.5) is 0 Å². The number of hydrogen-bond acceptors (Lipinski definition) is 2. The fourth-order valence-corrected chi connectivity index (χ4v) is 2.23. The second-order valence-electron chi connectivity index (χ2n) is 4.41. The van der Waals surface area contributed by atoms with E-state index in [-0.39, 0.29) is 0 Å². The first-order valence-corrected chi connectivity index (χ1v) is 7.31. The summed E-state index contributed by atoms with van der Waals surface area (Å²) < 4.78 is 5.87. The maximum Gasteiger partial charge on any atom is 0.124 e. The summed E-state index contributed by atoms with van der Waals surface area (Å²) in [7, 11) is 0. The van der Waals surface area contributed by atoms with Crippen LogP contribution in [-0.4, -0.2) is 6.54 Å². The highest BCUT2D eigenvalue weighted by molar-refractivity contribution is 6.33. The molecule has 106 valence electrons. The van der Waals surface area contributed by atoms with E-state index >= 15 is 0 Å². The van der Waals surface area contributed by atoms with Gasteiger partial charge in [-0.3, -0.25) is 0 Å². The predicted molar refractivity (Wildman–Crippen MR) is 84.6 cm³/mol. The van der Waals surface area contributed by atoms with E-state index in [0.29, 0.717) is 16.7 Å². The van der Waals surface area contributed by atoms with E-state index in [1.165, 1.54) is 0 Å². The fourth-order valence-electron chi connectivity index (χ4n) is 1.86. The topological polar surface area (TPSA) is 21.3 Å². The summed E-state index contributed by atoms with van der Waals surface area (Å²) in [6.45, 7) is 4.20. The number of para-hydroxylation sites is 1. The summed E-state index contributed by atoms with van der Waals surface area (Å²) in [5.74, 6) is 0.865. The smallest absolute Gasteiger partial charge is 0.124 e. The van der Waals surface area contributed by atoms with E-state index < -0.39 is 0 Å². The number of benzene rings is 2. The van der Waals surface area contributed by atoms with Gasteiger partial charge in [-0.1, -0.05) is 48.3 Å². The van der Waals surface area contributed by atoms with E-state index in [1.54, 1.807) is 12.1 Å². The Morgan fingerprint density at radius 2 is 1.85 bits per heavy atom. The van der Waals surface area contributed by atoms with E-state index in [1.807, 2.05) is 24.3 Å². The van der Waals surface area contributed by atoms with Crippen molar-refractivity contribution in [3.8, 4) is 5.75 Å². The third-order valence-electron chi connectivity index (χ3n) is 2.93. The van der Waals surface area contributed by atoms with Gasteiger partial charge in [0, 0.05) is 27.7 Å². The van der Waals surface area contributed by atoms with Crippen LogP contribution < -0.4 is 10.1 Å². The van der Waals surface area contributed by atoms with E-state index in [2.05, 4.69) is 18.3 Å². The van der Waals surface area contributed by atoms with Crippen molar-refractivity contribution in [1.82, 2.24) is 5.32 Å². The van der Waals surface area contributed by atoms with Gasteiger partial charge in [0.05, 0.1) is 0 Å². The number of rotatable bonds is 6. The molecule has 1 N–H and O–H groups in total. The van der Waals surface area contributed by atoms with Gasteiger partial charge < -0.3 is 10.1 Å². The summed E-state index contributed by atoms with van der Waals surface area (Å²) in [6.07, 6.45) is 0. The minimum atomic E-state index is 0.405. The summed E-state index contributed by atoms with van der Waals surface area (Å²) in [6, 6.07) is 13.4. The van der Waals surface area contributed by atoms with E-state index in [9.17, 15) is 0 Å². The largest absolute Gasteiger partial charge is 0.489 e. The standard InChI is InChI=1S/C16H17Cl2NO/c1-2-19-10-12-5-3-4-6-16(12)20-11-13-9-14(17)7-8-15(13)18/h3-9,19H,2,10-11H2,1H3. The quantitative estimate of drug-likeness (QED) is 0.836. The number of ether oxygens (including phenoxy) is 1. The molecule has 2 rings (SSSR count).